The van der Waals surface area contributed by atoms with Crippen LogP contribution in [0.2, 0.25) is 0 Å². The molecule has 0 bridgehead atoms. The van der Waals surface area contributed by atoms with E-state index in [-0.39, 0.29) is 17.8 Å². The highest BCUT2D eigenvalue weighted by Crippen LogP contribution is 2.33. The summed E-state index contributed by atoms with van der Waals surface area (Å²) in [4.78, 5) is 19.5. The first kappa shape index (κ1) is 21.6. The van der Waals surface area contributed by atoms with Gasteiger partial charge in [-0.3, -0.25) is 4.79 Å². The number of aryl methyl sites for hydroxylation is 2. The summed E-state index contributed by atoms with van der Waals surface area (Å²) in [6, 6.07) is 16.6. The molecular formula is C25H26FN5OS. The number of hydrogen-bond donors (Lipinski definition) is 1. The molecule has 0 radical (unpaired) electrons. The Hall–Kier alpha value is -3.26. The number of hydrogen-bond acceptors (Lipinski definition) is 5. The van der Waals surface area contributed by atoms with Gasteiger partial charge in [-0.05, 0) is 56.0 Å². The lowest BCUT2D eigenvalue weighted by Crippen LogP contribution is -2.44. The van der Waals surface area contributed by atoms with Gasteiger partial charge in [0.05, 0.1) is 16.1 Å². The van der Waals surface area contributed by atoms with Crippen LogP contribution in [-0.4, -0.2) is 39.8 Å². The van der Waals surface area contributed by atoms with E-state index >= 15 is 0 Å². The predicted molar refractivity (Wildman–Crippen MR) is 130 cm³/mol. The van der Waals surface area contributed by atoms with Crippen LogP contribution in [0.1, 0.15) is 30.5 Å². The average molecular weight is 464 g/mol. The standard InChI is InChI=1S/C25H26FN5OS/c1-17-23-24(31(29-17)21-10-8-19(26)9-11-21)28-25(33-23)30-15-13-20(14-16-30)27-22(32)12-7-18-5-3-2-4-6-18/h2-6,8-11,20H,7,12-16H2,1H3,(H,27,32). The molecule has 1 amide bonds. The van der Waals surface area contributed by atoms with Crippen LogP contribution >= 0.6 is 11.3 Å². The second-order valence-corrected chi connectivity index (χ2v) is 9.41. The zero-order valence-corrected chi connectivity index (χ0v) is 19.3. The fourth-order valence-electron chi connectivity index (χ4n) is 4.24. The maximum atomic E-state index is 13.3. The van der Waals surface area contributed by atoms with Crippen LogP contribution in [0.15, 0.2) is 54.6 Å². The fourth-order valence-corrected chi connectivity index (χ4v) is 5.28. The molecule has 2 aromatic heterocycles. The van der Waals surface area contributed by atoms with Gasteiger partial charge in [-0.15, -0.1) is 0 Å². The monoisotopic (exact) mass is 463 g/mol. The van der Waals surface area contributed by atoms with Gasteiger partial charge >= 0.3 is 0 Å². The molecule has 1 fully saturated rings. The van der Waals surface area contributed by atoms with Crippen molar-refractivity contribution in [3.05, 3.63) is 71.7 Å². The Morgan fingerprint density at radius 1 is 1.12 bits per heavy atom. The molecular weight excluding hydrogens is 437 g/mol. The largest absolute Gasteiger partial charge is 0.353 e. The molecule has 1 saturated heterocycles. The minimum Gasteiger partial charge on any atom is -0.353 e. The van der Waals surface area contributed by atoms with E-state index in [2.05, 4.69) is 27.4 Å². The third-order valence-electron chi connectivity index (χ3n) is 6.06. The van der Waals surface area contributed by atoms with Crippen LogP contribution in [0.5, 0.6) is 0 Å². The second-order valence-electron chi connectivity index (χ2n) is 8.44. The van der Waals surface area contributed by atoms with Crippen molar-refractivity contribution in [1.29, 1.82) is 0 Å². The molecule has 33 heavy (non-hydrogen) atoms. The summed E-state index contributed by atoms with van der Waals surface area (Å²) in [5.74, 6) is -0.153. The minimum absolute atomic E-state index is 0.118. The van der Waals surface area contributed by atoms with Crippen molar-refractivity contribution in [2.75, 3.05) is 18.0 Å². The molecule has 170 valence electrons. The summed E-state index contributed by atoms with van der Waals surface area (Å²) in [5.41, 5.74) is 3.70. The van der Waals surface area contributed by atoms with Gasteiger partial charge in [0.2, 0.25) is 5.91 Å². The number of halogens is 1. The third kappa shape index (κ3) is 4.75. The summed E-state index contributed by atoms with van der Waals surface area (Å²) in [5, 5.41) is 8.76. The SMILES string of the molecule is Cc1nn(-c2ccc(F)cc2)c2nc(N3CCC(NC(=O)CCc4ccccc4)CC3)sc12. The first-order valence-corrected chi connectivity index (χ1v) is 12.1. The molecule has 5 rings (SSSR count). The van der Waals surface area contributed by atoms with E-state index in [4.69, 9.17) is 4.98 Å². The normalized spacial score (nSPS) is 14.7. The Labute approximate surface area is 196 Å². The molecule has 1 N–H and O–H groups in total. The van der Waals surface area contributed by atoms with Crippen LogP contribution in [0, 0.1) is 12.7 Å². The van der Waals surface area contributed by atoms with Crippen LogP contribution < -0.4 is 10.2 Å². The lowest BCUT2D eigenvalue weighted by molar-refractivity contribution is -0.121. The number of rotatable bonds is 6. The molecule has 0 spiro atoms. The topological polar surface area (TPSA) is 63.1 Å². The summed E-state index contributed by atoms with van der Waals surface area (Å²) in [7, 11) is 0. The van der Waals surface area contributed by atoms with Gasteiger partial charge in [0.1, 0.15) is 5.82 Å². The number of carbonyl (C=O) groups is 1. The Bertz CT molecular complexity index is 1240. The van der Waals surface area contributed by atoms with Crippen LogP contribution in [0.3, 0.4) is 0 Å². The molecule has 0 unspecified atom stereocenters. The lowest BCUT2D eigenvalue weighted by Gasteiger charge is -2.32. The maximum absolute atomic E-state index is 13.3. The Morgan fingerprint density at radius 3 is 2.58 bits per heavy atom. The number of fused-ring (bicyclic) bond motifs is 1. The fraction of sp³-hybridized carbons (Fsp3) is 0.320. The lowest BCUT2D eigenvalue weighted by atomic mass is 10.0. The molecule has 1 aliphatic rings. The Morgan fingerprint density at radius 2 is 1.85 bits per heavy atom. The van der Waals surface area contributed by atoms with Gasteiger partial charge in [0.25, 0.3) is 0 Å². The number of thiazole rings is 1. The summed E-state index contributed by atoms with van der Waals surface area (Å²) < 4.78 is 16.2. The molecule has 2 aromatic carbocycles. The predicted octanol–water partition coefficient (Wildman–Crippen LogP) is 4.65. The van der Waals surface area contributed by atoms with Crippen molar-refractivity contribution in [2.24, 2.45) is 0 Å². The van der Waals surface area contributed by atoms with E-state index in [1.807, 2.05) is 25.1 Å². The van der Waals surface area contributed by atoms with Crippen LogP contribution in [0.4, 0.5) is 9.52 Å². The van der Waals surface area contributed by atoms with Gasteiger partial charge in [0.15, 0.2) is 10.8 Å². The van der Waals surface area contributed by atoms with Crippen LogP contribution in [-0.2, 0) is 11.2 Å². The van der Waals surface area contributed by atoms with Gasteiger partial charge in [-0.1, -0.05) is 41.7 Å². The van der Waals surface area contributed by atoms with Gasteiger partial charge in [-0.25, -0.2) is 9.07 Å². The van der Waals surface area contributed by atoms with E-state index in [1.54, 1.807) is 28.2 Å². The molecule has 1 aliphatic heterocycles. The number of anilines is 1. The van der Waals surface area contributed by atoms with Gasteiger partial charge in [0, 0.05) is 25.6 Å². The van der Waals surface area contributed by atoms with Crippen molar-refractivity contribution >= 4 is 32.7 Å². The second kappa shape index (κ2) is 9.31. The highest BCUT2D eigenvalue weighted by molar-refractivity contribution is 7.22. The quantitative estimate of drug-likeness (QED) is 0.452. The van der Waals surface area contributed by atoms with Gasteiger partial charge in [-0.2, -0.15) is 10.1 Å². The molecule has 0 aliphatic carbocycles. The van der Waals surface area contributed by atoms with E-state index in [9.17, 15) is 9.18 Å². The van der Waals surface area contributed by atoms with Crippen molar-refractivity contribution in [3.63, 3.8) is 0 Å². The number of aromatic nitrogens is 3. The summed E-state index contributed by atoms with van der Waals surface area (Å²) in [6.45, 7) is 3.67. The first-order valence-electron chi connectivity index (χ1n) is 11.3. The maximum Gasteiger partial charge on any atom is 0.220 e. The number of nitrogens with zero attached hydrogens (tertiary/aromatic N) is 4. The number of carbonyl (C=O) groups excluding carboxylic acids is 1. The summed E-state index contributed by atoms with van der Waals surface area (Å²) >= 11 is 1.64. The Kier molecular flexibility index (Phi) is 6.09. The number of amides is 1. The first-order chi connectivity index (χ1) is 16.1. The average Bonchev–Trinajstić information content (AvgIpc) is 3.40. The van der Waals surface area contributed by atoms with Crippen molar-refractivity contribution in [1.82, 2.24) is 20.1 Å². The number of benzene rings is 2. The van der Waals surface area contributed by atoms with Crippen LogP contribution in [0.25, 0.3) is 16.0 Å². The molecule has 0 saturated carbocycles. The van der Waals surface area contributed by atoms with Crippen molar-refractivity contribution in [3.8, 4) is 5.69 Å². The van der Waals surface area contributed by atoms with Gasteiger partial charge < -0.3 is 10.2 Å². The molecule has 6 nitrogen and oxygen atoms in total. The summed E-state index contributed by atoms with van der Waals surface area (Å²) in [6.07, 6.45) is 3.08. The van der Waals surface area contributed by atoms with E-state index in [1.165, 1.54) is 17.7 Å². The minimum atomic E-state index is -0.270. The zero-order valence-electron chi connectivity index (χ0n) is 18.5. The highest BCUT2D eigenvalue weighted by atomic mass is 32.1. The van der Waals surface area contributed by atoms with E-state index in [0.29, 0.717) is 6.42 Å². The van der Waals surface area contributed by atoms with E-state index < -0.39 is 0 Å². The Balaban J connectivity index is 1.20. The third-order valence-corrected chi connectivity index (χ3v) is 7.28. The zero-order chi connectivity index (χ0) is 22.8. The van der Waals surface area contributed by atoms with Crippen molar-refractivity contribution in [2.45, 2.75) is 38.6 Å². The van der Waals surface area contributed by atoms with E-state index in [0.717, 1.165) is 59.2 Å². The van der Waals surface area contributed by atoms with Crippen molar-refractivity contribution < 1.29 is 9.18 Å². The number of nitrogens with one attached hydrogen (secondary N) is 1. The number of piperidine rings is 1. The molecule has 8 heteroatoms. The molecule has 3 heterocycles. The smallest absolute Gasteiger partial charge is 0.220 e. The molecule has 4 aromatic rings. The molecule has 0 atom stereocenters. The highest BCUT2D eigenvalue weighted by Gasteiger charge is 2.24.